The number of halogens is 1. The van der Waals surface area contributed by atoms with Crippen molar-refractivity contribution in [1.82, 2.24) is 0 Å². The molecule has 0 saturated carbocycles. The lowest BCUT2D eigenvalue weighted by molar-refractivity contribution is 0.612. The third kappa shape index (κ3) is 3.07. The Balaban J connectivity index is 2.19. The molecule has 2 aromatic carbocycles. The normalized spacial score (nSPS) is 9.90. The number of hydrogen-bond donors (Lipinski definition) is 1. The van der Waals surface area contributed by atoms with Gasteiger partial charge < -0.3 is 10.2 Å². The molecule has 102 valence electrons. The second-order valence-electron chi connectivity index (χ2n) is 4.68. The van der Waals surface area contributed by atoms with Crippen LogP contribution in [0.25, 0.3) is 0 Å². The van der Waals surface area contributed by atoms with E-state index in [9.17, 15) is 4.39 Å². The first kappa shape index (κ1) is 13.9. The topological polar surface area (TPSA) is 39.1 Å². The summed E-state index contributed by atoms with van der Waals surface area (Å²) in [6.07, 6.45) is 0. The number of nitriles is 1. The predicted octanol–water partition coefficient (Wildman–Crippen LogP) is 3.38. The minimum absolute atomic E-state index is 0.307. The summed E-state index contributed by atoms with van der Waals surface area (Å²) in [5.41, 5.74) is 2.91. The fourth-order valence-electron chi connectivity index (χ4n) is 1.98. The summed E-state index contributed by atoms with van der Waals surface area (Å²) in [5.74, 6) is -0.307. The molecule has 1 N–H and O–H groups in total. The Morgan fingerprint density at radius 2 is 1.95 bits per heavy atom. The minimum atomic E-state index is -0.307. The molecule has 2 aromatic rings. The Hall–Kier alpha value is -2.54. The van der Waals surface area contributed by atoms with Gasteiger partial charge in [0, 0.05) is 26.2 Å². The van der Waals surface area contributed by atoms with E-state index in [2.05, 4.69) is 5.32 Å². The molecular weight excluding hydrogens is 253 g/mol. The van der Waals surface area contributed by atoms with Crippen molar-refractivity contribution in [2.45, 2.75) is 6.54 Å². The first-order chi connectivity index (χ1) is 9.61. The van der Waals surface area contributed by atoms with E-state index in [1.807, 2.05) is 49.3 Å². The highest BCUT2D eigenvalue weighted by Crippen LogP contribution is 2.24. The number of rotatable bonds is 4. The zero-order valence-corrected chi connectivity index (χ0v) is 11.5. The van der Waals surface area contributed by atoms with Gasteiger partial charge in [-0.1, -0.05) is 12.1 Å². The van der Waals surface area contributed by atoms with Gasteiger partial charge in [0.1, 0.15) is 5.82 Å². The maximum absolute atomic E-state index is 13.7. The van der Waals surface area contributed by atoms with E-state index in [1.165, 1.54) is 12.1 Å². The van der Waals surface area contributed by atoms with E-state index in [0.717, 1.165) is 11.4 Å². The monoisotopic (exact) mass is 269 g/mol. The van der Waals surface area contributed by atoms with Crippen LogP contribution in [0.4, 0.5) is 15.8 Å². The van der Waals surface area contributed by atoms with Gasteiger partial charge in [-0.15, -0.1) is 0 Å². The molecule has 0 unspecified atom stereocenters. The summed E-state index contributed by atoms with van der Waals surface area (Å²) in [6.45, 7) is 0.339. The smallest absolute Gasteiger partial charge is 0.128 e. The first-order valence-corrected chi connectivity index (χ1v) is 6.30. The van der Waals surface area contributed by atoms with Gasteiger partial charge in [0.2, 0.25) is 0 Å². The van der Waals surface area contributed by atoms with Crippen LogP contribution in [0.3, 0.4) is 0 Å². The van der Waals surface area contributed by atoms with Crippen LogP contribution in [-0.2, 0) is 6.54 Å². The molecule has 0 fully saturated rings. The molecule has 0 bridgehead atoms. The zero-order chi connectivity index (χ0) is 14.5. The van der Waals surface area contributed by atoms with Crippen molar-refractivity contribution in [2.75, 3.05) is 24.3 Å². The molecule has 2 rings (SSSR count). The molecule has 0 aliphatic rings. The Bertz CT molecular complexity index is 644. The average Bonchev–Trinajstić information content (AvgIpc) is 2.46. The van der Waals surface area contributed by atoms with Crippen LogP contribution in [-0.4, -0.2) is 14.1 Å². The van der Waals surface area contributed by atoms with Crippen LogP contribution < -0.4 is 10.2 Å². The number of para-hydroxylation sites is 2. The van der Waals surface area contributed by atoms with Gasteiger partial charge in [-0.2, -0.15) is 5.26 Å². The fraction of sp³-hybridized carbons (Fsp3) is 0.188. The molecule has 0 amide bonds. The first-order valence-electron chi connectivity index (χ1n) is 6.30. The lowest BCUT2D eigenvalue weighted by Gasteiger charge is -2.18. The second-order valence-corrected chi connectivity index (χ2v) is 4.68. The van der Waals surface area contributed by atoms with Crippen molar-refractivity contribution in [3.05, 3.63) is 59.4 Å². The highest BCUT2D eigenvalue weighted by atomic mass is 19.1. The van der Waals surface area contributed by atoms with Crippen molar-refractivity contribution in [2.24, 2.45) is 0 Å². The molecule has 20 heavy (non-hydrogen) atoms. The number of hydrogen-bond acceptors (Lipinski definition) is 3. The Kier molecular flexibility index (Phi) is 4.21. The largest absolute Gasteiger partial charge is 0.379 e. The van der Waals surface area contributed by atoms with Gasteiger partial charge >= 0.3 is 0 Å². The number of nitrogens with zero attached hydrogens (tertiary/aromatic N) is 2. The zero-order valence-electron chi connectivity index (χ0n) is 11.5. The van der Waals surface area contributed by atoms with Gasteiger partial charge in [0.05, 0.1) is 23.0 Å². The minimum Gasteiger partial charge on any atom is -0.379 e. The van der Waals surface area contributed by atoms with E-state index in [0.29, 0.717) is 17.7 Å². The molecule has 0 atom stereocenters. The van der Waals surface area contributed by atoms with E-state index in [-0.39, 0.29) is 5.82 Å². The van der Waals surface area contributed by atoms with Crippen molar-refractivity contribution < 1.29 is 4.39 Å². The van der Waals surface area contributed by atoms with E-state index >= 15 is 0 Å². The lowest BCUT2D eigenvalue weighted by atomic mass is 10.1. The third-order valence-corrected chi connectivity index (χ3v) is 3.03. The molecular formula is C16H16FN3. The Morgan fingerprint density at radius 1 is 1.20 bits per heavy atom. The molecule has 3 nitrogen and oxygen atoms in total. The van der Waals surface area contributed by atoms with Gasteiger partial charge in [-0.3, -0.25) is 0 Å². The van der Waals surface area contributed by atoms with Crippen molar-refractivity contribution in [3.8, 4) is 6.07 Å². The molecule has 0 spiro atoms. The van der Waals surface area contributed by atoms with Gasteiger partial charge in [-0.25, -0.2) is 4.39 Å². The summed E-state index contributed by atoms with van der Waals surface area (Å²) in [4.78, 5) is 1.99. The Labute approximate surface area is 118 Å². The van der Waals surface area contributed by atoms with Crippen LogP contribution >= 0.6 is 0 Å². The van der Waals surface area contributed by atoms with E-state index in [1.54, 1.807) is 6.07 Å². The van der Waals surface area contributed by atoms with Crippen LogP contribution in [0, 0.1) is 17.1 Å². The fourth-order valence-corrected chi connectivity index (χ4v) is 1.98. The highest BCUT2D eigenvalue weighted by molar-refractivity contribution is 5.69. The molecule has 0 aliphatic carbocycles. The summed E-state index contributed by atoms with van der Waals surface area (Å²) >= 11 is 0. The standard InChI is InChI=1S/C16H16FN3/c1-20(2)16-6-4-3-5-15(16)19-11-13-9-12(10-18)7-8-14(13)17/h3-9,19H,11H2,1-2H3. The average molecular weight is 269 g/mol. The van der Waals surface area contributed by atoms with Crippen LogP contribution in [0.5, 0.6) is 0 Å². The summed E-state index contributed by atoms with van der Waals surface area (Å²) in [7, 11) is 3.91. The van der Waals surface area contributed by atoms with E-state index < -0.39 is 0 Å². The molecule has 0 saturated heterocycles. The van der Waals surface area contributed by atoms with Crippen LogP contribution in [0.15, 0.2) is 42.5 Å². The highest BCUT2D eigenvalue weighted by Gasteiger charge is 2.06. The lowest BCUT2D eigenvalue weighted by Crippen LogP contribution is -2.12. The quantitative estimate of drug-likeness (QED) is 0.924. The predicted molar refractivity (Wildman–Crippen MR) is 79.2 cm³/mol. The maximum Gasteiger partial charge on any atom is 0.128 e. The van der Waals surface area contributed by atoms with Crippen LogP contribution in [0.1, 0.15) is 11.1 Å². The van der Waals surface area contributed by atoms with Crippen LogP contribution in [0.2, 0.25) is 0 Å². The second kappa shape index (κ2) is 6.07. The van der Waals surface area contributed by atoms with Gasteiger partial charge in [0.25, 0.3) is 0 Å². The van der Waals surface area contributed by atoms with E-state index in [4.69, 9.17) is 5.26 Å². The van der Waals surface area contributed by atoms with Gasteiger partial charge in [-0.05, 0) is 30.3 Å². The van der Waals surface area contributed by atoms with Crippen molar-refractivity contribution in [1.29, 1.82) is 5.26 Å². The third-order valence-electron chi connectivity index (χ3n) is 3.03. The summed E-state index contributed by atoms with van der Waals surface area (Å²) in [5, 5.41) is 12.1. The number of anilines is 2. The summed E-state index contributed by atoms with van der Waals surface area (Å²) in [6, 6.07) is 14.2. The number of benzene rings is 2. The van der Waals surface area contributed by atoms with Crippen molar-refractivity contribution >= 4 is 11.4 Å². The van der Waals surface area contributed by atoms with Crippen molar-refractivity contribution in [3.63, 3.8) is 0 Å². The maximum atomic E-state index is 13.7. The summed E-state index contributed by atoms with van der Waals surface area (Å²) < 4.78 is 13.7. The number of nitrogens with one attached hydrogen (secondary N) is 1. The molecule has 0 aliphatic heterocycles. The Morgan fingerprint density at radius 3 is 2.65 bits per heavy atom. The molecule has 0 radical (unpaired) electrons. The van der Waals surface area contributed by atoms with Gasteiger partial charge in [0.15, 0.2) is 0 Å². The SMILES string of the molecule is CN(C)c1ccccc1NCc1cc(C#N)ccc1F. The molecule has 4 heteroatoms. The molecule has 0 aromatic heterocycles. The molecule has 0 heterocycles.